The Labute approximate surface area is 341 Å². The minimum absolute atomic E-state index is 0.0252. The van der Waals surface area contributed by atoms with E-state index in [0.717, 1.165) is 15.5 Å². The van der Waals surface area contributed by atoms with Crippen molar-refractivity contribution in [2.75, 3.05) is 26.2 Å². The van der Waals surface area contributed by atoms with Gasteiger partial charge in [-0.1, -0.05) is 17.7 Å². The summed E-state index contributed by atoms with van der Waals surface area (Å²) in [4.78, 5) is 76.6. The number of aryl methyl sites for hydroxylation is 2. The highest BCUT2D eigenvalue weighted by Crippen LogP contribution is 2.62. The van der Waals surface area contributed by atoms with E-state index in [1.165, 1.54) is 47.4 Å². The second kappa shape index (κ2) is 13.9. The Morgan fingerprint density at radius 1 is 0.982 bits per heavy atom. The van der Waals surface area contributed by atoms with Crippen LogP contribution in [-0.2, 0) is 36.1 Å². The minimum Gasteiger partial charge on any atom is -0.504 e. The van der Waals surface area contributed by atoms with Gasteiger partial charge in [-0.2, -0.15) is 0 Å². The van der Waals surface area contributed by atoms with E-state index in [1.807, 2.05) is 22.6 Å². The highest BCUT2D eigenvalue weighted by molar-refractivity contribution is 14.1. The van der Waals surface area contributed by atoms with Crippen LogP contribution < -0.4 is 36.0 Å². The maximum Gasteiger partial charge on any atom is 0.347 e. The first kappa shape index (κ1) is 38.4. The SMILES string of the molecule is COc1cc2nc(CCn3c(=O)n4n(c3=O)[C@@H]3C[C@H]5C(=O)N(c6ccc(F)c(Cl)c6)C(=O)[C@@]5(C)[C@@H](c5cc(I)c(O)c(OC)c5)C3=CC4)c(=O)n(C)c2cc1OC. The molecule has 296 valence electrons. The molecule has 0 unspecified atom stereocenters. The van der Waals surface area contributed by atoms with Gasteiger partial charge in [0.05, 0.1) is 70.6 Å². The lowest BCUT2D eigenvalue weighted by Gasteiger charge is -2.47. The van der Waals surface area contributed by atoms with Gasteiger partial charge in [0, 0.05) is 38.1 Å². The van der Waals surface area contributed by atoms with Gasteiger partial charge in [-0.05, 0) is 77.4 Å². The predicted molar refractivity (Wildman–Crippen MR) is 214 cm³/mol. The Balaban J connectivity index is 1.23. The number of phenolic OH excluding ortho intramolecular Hbond substituents is 1. The van der Waals surface area contributed by atoms with Gasteiger partial charge in [-0.25, -0.2) is 37.8 Å². The molecule has 18 heteroatoms. The third-order valence-electron chi connectivity index (χ3n) is 11.6. The van der Waals surface area contributed by atoms with Crippen LogP contribution in [-0.4, -0.2) is 61.7 Å². The van der Waals surface area contributed by atoms with E-state index < -0.39 is 57.9 Å². The molecule has 8 rings (SSSR count). The normalized spacial score (nSPS) is 21.3. The number of imide groups is 1. The van der Waals surface area contributed by atoms with Crippen molar-refractivity contribution in [3.8, 4) is 23.0 Å². The molecule has 3 aliphatic rings. The molecular weight excluding hydrogens is 878 g/mol. The highest BCUT2D eigenvalue weighted by atomic mass is 127. The number of allylic oxidation sites excluding steroid dienone is 2. The fourth-order valence-electron chi connectivity index (χ4n) is 8.77. The van der Waals surface area contributed by atoms with Gasteiger partial charge in [-0.3, -0.25) is 14.4 Å². The van der Waals surface area contributed by atoms with E-state index in [0.29, 0.717) is 37.2 Å². The highest BCUT2D eigenvalue weighted by Gasteiger charge is 2.65. The maximum absolute atomic E-state index is 14.7. The van der Waals surface area contributed by atoms with Crippen molar-refractivity contribution >= 4 is 62.7 Å². The van der Waals surface area contributed by atoms with Crippen LogP contribution in [0, 0.1) is 20.7 Å². The van der Waals surface area contributed by atoms with E-state index in [1.54, 1.807) is 44.3 Å². The van der Waals surface area contributed by atoms with Crippen LogP contribution in [0.3, 0.4) is 0 Å². The molecule has 15 nitrogen and oxygen atoms in total. The van der Waals surface area contributed by atoms with Crippen molar-refractivity contribution < 1.29 is 33.3 Å². The summed E-state index contributed by atoms with van der Waals surface area (Å²) in [5.74, 6) is -2.85. The van der Waals surface area contributed by atoms with Gasteiger partial charge < -0.3 is 23.9 Å². The summed E-state index contributed by atoms with van der Waals surface area (Å²) in [5, 5.41) is 10.5. The summed E-state index contributed by atoms with van der Waals surface area (Å²) in [6.07, 6.45) is 1.71. The van der Waals surface area contributed by atoms with Crippen LogP contribution in [0.5, 0.6) is 23.0 Å². The monoisotopic (exact) mass is 912 g/mol. The number of aromatic hydroxyl groups is 1. The molecule has 5 aromatic rings. The lowest BCUT2D eigenvalue weighted by Crippen LogP contribution is -2.49. The Kier molecular flexibility index (Phi) is 9.37. The average molecular weight is 913 g/mol. The number of methoxy groups -OCH3 is 3. The number of phenols is 1. The number of nitrogens with zero attached hydrogens (tertiary/aromatic N) is 6. The number of hydrogen-bond acceptors (Lipinski definition) is 10. The Morgan fingerprint density at radius 2 is 1.68 bits per heavy atom. The van der Waals surface area contributed by atoms with Crippen LogP contribution in [0.2, 0.25) is 5.02 Å². The van der Waals surface area contributed by atoms with Crippen molar-refractivity contribution in [2.45, 2.75) is 44.8 Å². The third-order valence-corrected chi connectivity index (χ3v) is 12.7. The number of anilines is 1. The number of halogens is 3. The number of fused-ring (bicyclic) bond motifs is 5. The zero-order valence-electron chi connectivity index (χ0n) is 31.2. The minimum atomic E-state index is -1.44. The molecule has 2 aromatic heterocycles. The molecule has 4 atom stereocenters. The number of carbonyl (C=O) groups excluding carboxylic acids is 2. The van der Waals surface area contributed by atoms with Gasteiger partial charge in [0.15, 0.2) is 23.0 Å². The molecule has 1 saturated carbocycles. The van der Waals surface area contributed by atoms with E-state index in [-0.39, 0.29) is 53.8 Å². The van der Waals surface area contributed by atoms with Crippen LogP contribution in [0.15, 0.2) is 68.5 Å². The molecule has 0 bridgehead atoms. The van der Waals surface area contributed by atoms with Gasteiger partial charge >= 0.3 is 11.4 Å². The standard InChI is InChI=1S/C39H35ClFIN6O9/c1-39-21(34(50)47(36(39)52)19-6-7-23(41)22(40)14-19)15-27-20(32(39)18-12-24(42)33(49)31(13-18)57-5)8-11-46-37(53)45(38(54)48(27)46)10-9-25-35(51)44(2)28-17-30(56-4)29(55-3)16-26(28)43-25/h6-8,12-14,16-17,21,27,32,49H,9-11,15H2,1-5H3/t21-,27+,32-,39+/m0/s1. The second-order valence-corrected chi connectivity index (χ2v) is 15.9. The predicted octanol–water partition coefficient (Wildman–Crippen LogP) is 4.29. The lowest BCUT2D eigenvalue weighted by molar-refractivity contribution is -0.129. The molecule has 2 fully saturated rings. The average Bonchev–Trinajstić information content (AvgIpc) is 3.55. The van der Waals surface area contributed by atoms with Gasteiger partial charge in [0.1, 0.15) is 11.5 Å². The molecular formula is C39H35ClFIN6O9. The van der Waals surface area contributed by atoms with Crippen molar-refractivity contribution in [3.05, 3.63) is 111 Å². The van der Waals surface area contributed by atoms with Crippen LogP contribution in [0.1, 0.15) is 36.6 Å². The second-order valence-electron chi connectivity index (χ2n) is 14.4. The topological polar surface area (TPSA) is 169 Å². The summed E-state index contributed by atoms with van der Waals surface area (Å²) in [7, 11) is 5.95. The number of carbonyl (C=O) groups is 2. The molecule has 0 spiro atoms. The first-order chi connectivity index (χ1) is 27.2. The molecule has 2 amide bonds. The zero-order valence-corrected chi connectivity index (χ0v) is 34.1. The Bertz CT molecular complexity index is 2790. The molecule has 1 saturated heterocycles. The molecule has 1 N–H and O–H groups in total. The molecule has 0 radical (unpaired) electrons. The lowest BCUT2D eigenvalue weighted by atomic mass is 9.56. The van der Waals surface area contributed by atoms with Crippen molar-refractivity contribution in [2.24, 2.45) is 18.4 Å². The number of ether oxygens (including phenoxy) is 3. The van der Waals surface area contributed by atoms with E-state index in [2.05, 4.69) is 4.98 Å². The maximum atomic E-state index is 14.7. The number of benzene rings is 3. The van der Waals surface area contributed by atoms with Gasteiger partial charge in [0.2, 0.25) is 11.8 Å². The number of amides is 2. The molecule has 2 aliphatic heterocycles. The van der Waals surface area contributed by atoms with Crippen LogP contribution in [0.4, 0.5) is 10.1 Å². The van der Waals surface area contributed by atoms with Crippen LogP contribution >= 0.6 is 34.2 Å². The largest absolute Gasteiger partial charge is 0.504 e. The summed E-state index contributed by atoms with van der Waals surface area (Å²) in [6, 6.07) is 9.32. The van der Waals surface area contributed by atoms with Crippen molar-refractivity contribution in [3.63, 3.8) is 0 Å². The summed E-state index contributed by atoms with van der Waals surface area (Å²) in [6.45, 7) is 1.48. The number of aromatic nitrogens is 5. The first-order valence-corrected chi connectivity index (χ1v) is 19.2. The molecule has 1 aliphatic carbocycles. The van der Waals surface area contributed by atoms with Crippen molar-refractivity contribution in [1.82, 2.24) is 23.5 Å². The van der Waals surface area contributed by atoms with Crippen molar-refractivity contribution in [1.29, 1.82) is 0 Å². The quantitative estimate of drug-likeness (QED) is 0.135. The number of hydrogen-bond donors (Lipinski definition) is 1. The number of rotatable bonds is 8. The van der Waals surface area contributed by atoms with E-state index >= 15 is 0 Å². The molecule has 3 aromatic carbocycles. The fraction of sp³-hybridized carbons (Fsp3) is 0.333. The van der Waals surface area contributed by atoms with Gasteiger partial charge in [-0.15, -0.1) is 0 Å². The Morgan fingerprint density at radius 3 is 2.37 bits per heavy atom. The summed E-state index contributed by atoms with van der Waals surface area (Å²) >= 11 is 8.06. The first-order valence-electron chi connectivity index (χ1n) is 17.8. The summed E-state index contributed by atoms with van der Waals surface area (Å²) in [5.41, 5.74) is -0.834. The molecule has 57 heavy (non-hydrogen) atoms. The summed E-state index contributed by atoms with van der Waals surface area (Å²) < 4.78 is 36.0. The zero-order chi connectivity index (χ0) is 40.8. The third kappa shape index (κ3) is 5.63. The smallest absolute Gasteiger partial charge is 0.347 e. The Hall–Kier alpha value is -5.43. The van der Waals surface area contributed by atoms with E-state index in [9.17, 15) is 33.5 Å². The van der Waals surface area contributed by atoms with E-state index in [4.69, 9.17) is 25.8 Å². The van der Waals surface area contributed by atoms with Crippen LogP contribution in [0.25, 0.3) is 11.0 Å². The fourth-order valence-corrected chi connectivity index (χ4v) is 9.57. The molecule has 4 heterocycles. The van der Waals surface area contributed by atoms with Gasteiger partial charge in [0.25, 0.3) is 5.56 Å².